The lowest BCUT2D eigenvalue weighted by Gasteiger charge is -2.14. The maximum atomic E-state index is 12.2. The number of hydrogen-bond donors (Lipinski definition) is 1. The molecule has 0 heterocycles. The van der Waals surface area contributed by atoms with Gasteiger partial charge in [-0.25, -0.2) is 0 Å². The number of carbonyl (C=O) groups is 1. The summed E-state index contributed by atoms with van der Waals surface area (Å²) in [5.74, 6) is 1.87. The van der Waals surface area contributed by atoms with Crippen LogP contribution in [0.4, 0.5) is 0 Å². The van der Waals surface area contributed by atoms with Gasteiger partial charge in [0, 0.05) is 6.08 Å². The van der Waals surface area contributed by atoms with Gasteiger partial charge < -0.3 is 19.5 Å². The number of carbonyl (C=O) groups excluding carboxylic acids is 1. The standard InChI is InChI=1S/C20H23NO4/c1-14(15-8-10-16(23-2)11-9-15)21-20(22)13-12-17-18(24-3)6-5-7-19(17)25-4/h5-14H,1-4H3,(H,21,22)/b13-12+/t14-/m0/s1. The first kappa shape index (κ1) is 18.4. The Labute approximate surface area is 148 Å². The minimum atomic E-state index is -0.198. The van der Waals surface area contributed by atoms with Crippen molar-refractivity contribution in [2.75, 3.05) is 21.3 Å². The van der Waals surface area contributed by atoms with E-state index in [0.29, 0.717) is 11.5 Å². The molecule has 0 aliphatic rings. The lowest BCUT2D eigenvalue weighted by molar-refractivity contribution is -0.117. The van der Waals surface area contributed by atoms with Crippen LogP contribution in [0.1, 0.15) is 24.1 Å². The molecule has 0 saturated carbocycles. The predicted octanol–water partition coefficient (Wildman–Crippen LogP) is 3.60. The summed E-state index contributed by atoms with van der Waals surface area (Å²) >= 11 is 0. The second-order valence-electron chi connectivity index (χ2n) is 5.41. The molecule has 2 aromatic rings. The summed E-state index contributed by atoms with van der Waals surface area (Å²) in [6, 6.07) is 12.9. The molecule has 1 amide bonds. The molecule has 2 aromatic carbocycles. The molecule has 1 N–H and O–H groups in total. The third-order valence-electron chi connectivity index (χ3n) is 3.84. The fourth-order valence-electron chi connectivity index (χ4n) is 2.44. The Kier molecular flexibility index (Phi) is 6.46. The van der Waals surface area contributed by atoms with E-state index in [1.165, 1.54) is 6.08 Å². The van der Waals surface area contributed by atoms with Gasteiger partial charge in [-0.05, 0) is 42.8 Å². The van der Waals surface area contributed by atoms with Gasteiger partial charge in [-0.15, -0.1) is 0 Å². The van der Waals surface area contributed by atoms with E-state index in [1.54, 1.807) is 27.4 Å². The molecular formula is C20H23NO4. The van der Waals surface area contributed by atoms with Gasteiger partial charge in [-0.1, -0.05) is 18.2 Å². The lowest BCUT2D eigenvalue weighted by Crippen LogP contribution is -2.24. The molecule has 0 unspecified atom stereocenters. The van der Waals surface area contributed by atoms with Crippen molar-refractivity contribution in [2.24, 2.45) is 0 Å². The van der Waals surface area contributed by atoms with Crippen LogP contribution in [0.2, 0.25) is 0 Å². The smallest absolute Gasteiger partial charge is 0.244 e. The molecule has 0 saturated heterocycles. The zero-order chi connectivity index (χ0) is 18.2. The molecule has 0 spiro atoms. The van der Waals surface area contributed by atoms with Crippen LogP contribution in [0.3, 0.4) is 0 Å². The fraction of sp³-hybridized carbons (Fsp3) is 0.250. The van der Waals surface area contributed by atoms with Crippen LogP contribution >= 0.6 is 0 Å². The van der Waals surface area contributed by atoms with Gasteiger partial charge in [0.2, 0.25) is 5.91 Å². The summed E-state index contributed by atoms with van der Waals surface area (Å²) in [4.78, 5) is 12.2. The van der Waals surface area contributed by atoms with E-state index in [2.05, 4.69) is 5.32 Å². The first-order valence-electron chi connectivity index (χ1n) is 7.92. The van der Waals surface area contributed by atoms with Gasteiger partial charge in [0.25, 0.3) is 0 Å². The van der Waals surface area contributed by atoms with Crippen molar-refractivity contribution in [3.05, 3.63) is 59.7 Å². The molecule has 1 atom stereocenters. The van der Waals surface area contributed by atoms with Crippen LogP contribution in [-0.4, -0.2) is 27.2 Å². The first-order valence-corrected chi connectivity index (χ1v) is 7.92. The minimum absolute atomic E-state index is 0.123. The summed E-state index contributed by atoms with van der Waals surface area (Å²) in [7, 11) is 4.78. The lowest BCUT2D eigenvalue weighted by atomic mass is 10.1. The van der Waals surface area contributed by atoms with Crippen molar-refractivity contribution in [2.45, 2.75) is 13.0 Å². The Balaban J connectivity index is 2.07. The summed E-state index contributed by atoms with van der Waals surface area (Å²) in [5, 5.41) is 2.93. The van der Waals surface area contributed by atoms with Gasteiger partial charge >= 0.3 is 0 Å². The minimum Gasteiger partial charge on any atom is -0.497 e. The molecule has 0 aromatic heterocycles. The number of ether oxygens (including phenoxy) is 3. The first-order chi connectivity index (χ1) is 12.1. The highest BCUT2D eigenvalue weighted by Crippen LogP contribution is 2.29. The van der Waals surface area contributed by atoms with Crippen molar-refractivity contribution >= 4 is 12.0 Å². The van der Waals surface area contributed by atoms with Gasteiger partial charge in [0.05, 0.1) is 32.9 Å². The molecule has 5 nitrogen and oxygen atoms in total. The zero-order valence-corrected chi connectivity index (χ0v) is 14.9. The normalized spacial score (nSPS) is 11.8. The topological polar surface area (TPSA) is 56.8 Å². The number of rotatable bonds is 7. The monoisotopic (exact) mass is 341 g/mol. The second-order valence-corrected chi connectivity index (χ2v) is 5.41. The molecule has 2 rings (SSSR count). The highest BCUT2D eigenvalue weighted by molar-refractivity contribution is 5.92. The maximum absolute atomic E-state index is 12.2. The van der Waals surface area contributed by atoms with Crippen LogP contribution in [0.5, 0.6) is 17.2 Å². The highest BCUT2D eigenvalue weighted by Gasteiger charge is 2.10. The van der Waals surface area contributed by atoms with Crippen LogP contribution in [-0.2, 0) is 4.79 Å². The van der Waals surface area contributed by atoms with Crippen molar-refractivity contribution in [1.82, 2.24) is 5.32 Å². The predicted molar refractivity (Wildman–Crippen MR) is 98.1 cm³/mol. The van der Waals surface area contributed by atoms with Crippen molar-refractivity contribution in [3.63, 3.8) is 0 Å². The van der Waals surface area contributed by atoms with Crippen LogP contribution in [0, 0.1) is 0 Å². The number of nitrogens with one attached hydrogen (secondary N) is 1. The fourth-order valence-corrected chi connectivity index (χ4v) is 2.44. The second kappa shape index (κ2) is 8.78. The van der Waals surface area contributed by atoms with Gasteiger partial charge in [-0.2, -0.15) is 0 Å². The molecule has 0 fully saturated rings. The van der Waals surface area contributed by atoms with E-state index in [4.69, 9.17) is 14.2 Å². The van der Waals surface area contributed by atoms with Gasteiger partial charge in [0.1, 0.15) is 17.2 Å². The van der Waals surface area contributed by atoms with Crippen LogP contribution in [0.15, 0.2) is 48.5 Å². The third-order valence-corrected chi connectivity index (χ3v) is 3.84. The molecular weight excluding hydrogens is 318 g/mol. The molecule has 132 valence electrons. The Morgan fingerprint density at radius 3 is 2.08 bits per heavy atom. The summed E-state index contributed by atoms with van der Waals surface area (Å²) in [6.45, 7) is 1.93. The van der Waals surface area contributed by atoms with E-state index < -0.39 is 0 Å². The maximum Gasteiger partial charge on any atom is 0.244 e. The molecule has 5 heteroatoms. The molecule has 0 radical (unpaired) electrons. The third kappa shape index (κ3) is 4.76. The largest absolute Gasteiger partial charge is 0.497 e. The SMILES string of the molecule is COc1ccc([C@H](C)NC(=O)/C=C/c2c(OC)cccc2OC)cc1. The summed E-state index contributed by atoms with van der Waals surface area (Å²) in [6.07, 6.45) is 3.16. The van der Waals surface area contributed by atoms with Crippen LogP contribution in [0.25, 0.3) is 6.08 Å². The van der Waals surface area contributed by atoms with Crippen molar-refractivity contribution in [1.29, 1.82) is 0 Å². The van der Waals surface area contributed by atoms with E-state index in [0.717, 1.165) is 16.9 Å². The Hall–Kier alpha value is -2.95. The molecule has 0 aliphatic carbocycles. The van der Waals surface area contributed by atoms with Gasteiger partial charge in [0.15, 0.2) is 0 Å². The number of amides is 1. The molecule has 0 aliphatic heterocycles. The Bertz CT molecular complexity index is 716. The van der Waals surface area contributed by atoms with E-state index >= 15 is 0 Å². The van der Waals surface area contributed by atoms with E-state index in [9.17, 15) is 4.79 Å². The Morgan fingerprint density at radius 2 is 1.56 bits per heavy atom. The highest BCUT2D eigenvalue weighted by atomic mass is 16.5. The van der Waals surface area contributed by atoms with Crippen molar-refractivity contribution < 1.29 is 19.0 Å². The van der Waals surface area contributed by atoms with Crippen LogP contribution < -0.4 is 19.5 Å². The Morgan fingerprint density at radius 1 is 0.960 bits per heavy atom. The summed E-state index contributed by atoms with van der Waals surface area (Å²) in [5.41, 5.74) is 1.72. The number of benzene rings is 2. The molecule has 25 heavy (non-hydrogen) atoms. The molecule has 0 bridgehead atoms. The average Bonchev–Trinajstić information content (AvgIpc) is 2.65. The summed E-state index contributed by atoms with van der Waals surface area (Å²) < 4.78 is 15.8. The zero-order valence-electron chi connectivity index (χ0n) is 14.9. The number of methoxy groups -OCH3 is 3. The number of hydrogen-bond acceptors (Lipinski definition) is 4. The quantitative estimate of drug-likeness (QED) is 0.782. The van der Waals surface area contributed by atoms with E-state index in [-0.39, 0.29) is 11.9 Å². The van der Waals surface area contributed by atoms with Crippen molar-refractivity contribution in [3.8, 4) is 17.2 Å². The van der Waals surface area contributed by atoms with Gasteiger partial charge in [-0.3, -0.25) is 4.79 Å². The average molecular weight is 341 g/mol. The van der Waals surface area contributed by atoms with E-state index in [1.807, 2.05) is 49.4 Å².